The molecule has 4 saturated carbocycles. The van der Waals surface area contributed by atoms with E-state index in [1.54, 1.807) is 0 Å². The molecule has 5 rings (SSSR count). The van der Waals surface area contributed by atoms with Crippen LogP contribution < -0.4 is 5.73 Å². The number of aromatic nitrogens is 3. The maximum Gasteiger partial charge on any atom is 0.227 e. The quantitative estimate of drug-likeness (QED) is 0.812. The first-order valence-corrected chi connectivity index (χ1v) is 9.88. The summed E-state index contributed by atoms with van der Waals surface area (Å²) in [5.74, 6) is 3.97. The number of hydrogen-bond acceptors (Lipinski definition) is 4. The molecule has 0 atom stereocenters. The van der Waals surface area contributed by atoms with E-state index in [4.69, 9.17) is 5.73 Å². The van der Waals surface area contributed by atoms with Crippen molar-refractivity contribution in [2.45, 2.75) is 63.6 Å². The lowest BCUT2D eigenvalue weighted by molar-refractivity contribution is -0.115. The molecule has 0 radical (unpaired) electrons. The van der Waals surface area contributed by atoms with Gasteiger partial charge >= 0.3 is 0 Å². The van der Waals surface area contributed by atoms with Gasteiger partial charge in [-0.3, -0.25) is 4.79 Å². The minimum atomic E-state index is -0.303. The molecule has 23 heavy (non-hydrogen) atoms. The third-order valence-electron chi connectivity index (χ3n) is 6.15. The van der Waals surface area contributed by atoms with Crippen LogP contribution in [-0.2, 0) is 17.8 Å². The van der Waals surface area contributed by atoms with Crippen molar-refractivity contribution in [2.24, 2.45) is 28.9 Å². The second kappa shape index (κ2) is 5.80. The molecule has 0 spiro atoms. The van der Waals surface area contributed by atoms with Gasteiger partial charge in [-0.1, -0.05) is 11.8 Å². The van der Waals surface area contributed by atoms with Crippen LogP contribution in [0.4, 0.5) is 0 Å². The molecule has 0 aliphatic heterocycles. The summed E-state index contributed by atoms with van der Waals surface area (Å²) in [4.78, 5) is 11.0. The average Bonchev–Trinajstić information content (AvgIpc) is 2.84. The van der Waals surface area contributed by atoms with Gasteiger partial charge in [0, 0.05) is 13.0 Å². The van der Waals surface area contributed by atoms with E-state index in [-0.39, 0.29) is 11.7 Å². The third kappa shape index (κ3) is 2.90. The van der Waals surface area contributed by atoms with Crippen molar-refractivity contribution in [3.8, 4) is 0 Å². The van der Waals surface area contributed by atoms with E-state index < -0.39 is 0 Å². The topological polar surface area (TPSA) is 73.8 Å². The number of thioether (sulfide) groups is 1. The molecule has 1 heterocycles. The number of nitrogens with two attached hydrogens (primary N) is 1. The van der Waals surface area contributed by atoms with Crippen molar-refractivity contribution in [1.82, 2.24) is 14.8 Å². The summed E-state index contributed by atoms with van der Waals surface area (Å²) in [7, 11) is 0. The number of primary amides is 1. The van der Waals surface area contributed by atoms with E-state index in [2.05, 4.69) is 21.7 Å². The van der Waals surface area contributed by atoms with Crippen LogP contribution in [0.2, 0.25) is 0 Å². The van der Waals surface area contributed by atoms with Crippen LogP contribution in [0.1, 0.15) is 51.3 Å². The van der Waals surface area contributed by atoms with Crippen molar-refractivity contribution in [2.75, 3.05) is 5.75 Å². The van der Waals surface area contributed by atoms with E-state index in [9.17, 15) is 4.79 Å². The molecule has 0 saturated heterocycles. The van der Waals surface area contributed by atoms with Crippen molar-refractivity contribution in [3.05, 3.63) is 5.82 Å². The maximum absolute atomic E-state index is 11.0. The van der Waals surface area contributed by atoms with Crippen LogP contribution in [0.3, 0.4) is 0 Å². The Morgan fingerprint density at radius 3 is 2.35 bits per heavy atom. The molecule has 4 aliphatic carbocycles. The minimum absolute atomic E-state index is 0.273. The van der Waals surface area contributed by atoms with Gasteiger partial charge in [0.25, 0.3) is 0 Å². The highest BCUT2D eigenvalue weighted by molar-refractivity contribution is 7.99. The highest BCUT2D eigenvalue weighted by Gasteiger charge is 2.51. The Bertz CT molecular complexity index is 576. The molecule has 2 N–H and O–H groups in total. The lowest BCUT2D eigenvalue weighted by Crippen LogP contribution is -2.47. The molecular formula is C17H26N4OS. The molecule has 4 fully saturated rings. The molecule has 6 heteroatoms. The van der Waals surface area contributed by atoms with Crippen LogP contribution in [0.5, 0.6) is 0 Å². The lowest BCUT2D eigenvalue weighted by atomic mass is 9.49. The summed E-state index contributed by atoms with van der Waals surface area (Å²) in [6.07, 6.45) is 9.64. The zero-order chi connectivity index (χ0) is 16.0. The minimum Gasteiger partial charge on any atom is -0.369 e. The summed E-state index contributed by atoms with van der Waals surface area (Å²) in [6.45, 7) is 2.98. The first kappa shape index (κ1) is 15.5. The van der Waals surface area contributed by atoms with E-state index >= 15 is 0 Å². The van der Waals surface area contributed by atoms with E-state index in [1.165, 1.54) is 50.3 Å². The highest BCUT2D eigenvalue weighted by atomic mass is 32.2. The largest absolute Gasteiger partial charge is 0.369 e. The van der Waals surface area contributed by atoms with Crippen LogP contribution in [0.15, 0.2) is 5.16 Å². The Hall–Kier alpha value is -1.04. The fourth-order valence-electron chi connectivity index (χ4n) is 5.85. The summed E-state index contributed by atoms with van der Waals surface area (Å²) >= 11 is 1.41. The van der Waals surface area contributed by atoms with Crippen molar-refractivity contribution in [1.29, 1.82) is 0 Å². The van der Waals surface area contributed by atoms with Crippen LogP contribution in [0, 0.1) is 23.2 Å². The normalized spacial score (nSPS) is 34.9. The van der Waals surface area contributed by atoms with Crippen molar-refractivity contribution < 1.29 is 4.79 Å². The average molecular weight is 334 g/mol. The number of amides is 1. The maximum atomic E-state index is 11.0. The summed E-state index contributed by atoms with van der Waals surface area (Å²) in [5.41, 5.74) is 5.73. The Kier molecular flexibility index (Phi) is 3.90. The number of hydrogen-bond donors (Lipinski definition) is 1. The monoisotopic (exact) mass is 334 g/mol. The fourth-order valence-corrected chi connectivity index (χ4v) is 6.61. The molecule has 0 aromatic carbocycles. The first-order chi connectivity index (χ1) is 11.1. The number of carbonyl (C=O) groups excluding carboxylic acids is 1. The number of nitrogens with zero attached hydrogens (tertiary/aromatic N) is 3. The molecule has 4 bridgehead atoms. The van der Waals surface area contributed by atoms with Crippen LogP contribution >= 0.6 is 11.8 Å². The summed E-state index contributed by atoms with van der Waals surface area (Å²) < 4.78 is 2.19. The number of carbonyl (C=O) groups is 1. The standard InChI is InChI=1S/C17H26N4OS/c1-2-21-15(19-20-16(21)23-10-14(18)22)9-17-6-11-3-12(7-17)5-13(4-11)8-17/h11-13H,2-10H2,1H3,(H2,18,22). The molecular weight excluding hydrogens is 308 g/mol. The van der Waals surface area contributed by atoms with Gasteiger partial charge in [-0.2, -0.15) is 0 Å². The molecule has 1 aromatic heterocycles. The molecule has 4 aliphatic rings. The zero-order valence-electron chi connectivity index (χ0n) is 13.8. The van der Waals surface area contributed by atoms with Gasteiger partial charge in [0.15, 0.2) is 5.16 Å². The van der Waals surface area contributed by atoms with E-state index in [1.807, 2.05) is 0 Å². The predicted octanol–water partition coefficient (Wildman–Crippen LogP) is 2.63. The van der Waals surface area contributed by atoms with Gasteiger partial charge in [-0.15, -0.1) is 10.2 Å². The summed E-state index contributed by atoms with van der Waals surface area (Å²) in [6, 6.07) is 0. The van der Waals surface area contributed by atoms with Crippen LogP contribution in [0.25, 0.3) is 0 Å². The molecule has 0 unspecified atom stereocenters. The molecule has 1 aromatic rings. The van der Waals surface area contributed by atoms with Crippen molar-refractivity contribution in [3.63, 3.8) is 0 Å². The van der Waals surface area contributed by atoms with Gasteiger partial charge < -0.3 is 10.3 Å². The predicted molar refractivity (Wildman–Crippen MR) is 89.9 cm³/mol. The first-order valence-electron chi connectivity index (χ1n) is 8.90. The van der Waals surface area contributed by atoms with E-state index in [0.29, 0.717) is 5.41 Å². The molecule has 126 valence electrons. The second-order valence-electron chi connectivity index (χ2n) is 7.99. The van der Waals surface area contributed by atoms with Gasteiger partial charge in [0.05, 0.1) is 5.75 Å². The Balaban J connectivity index is 1.53. The van der Waals surface area contributed by atoms with Gasteiger partial charge in [0.1, 0.15) is 5.82 Å². The third-order valence-corrected chi connectivity index (χ3v) is 7.14. The van der Waals surface area contributed by atoms with Crippen LogP contribution in [-0.4, -0.2) is 26.4 Å². The SMILES string of the molecule is CCn1c(CC23CC4CC(CC(C4)C2)C3)nnc1SCC(N)=O. The molecule has 1 amide bonds. The Morgan fingerprint density at radius 1 is 1.22 bits per heavy atom. The summed E-state index contributed by atoms with van der Waals surface area (Å²) in [5, 5.41) is 9.65. The smallest absolute Gasteiger partial charge is 0.227 e. The Morgan fingerprint density at radius 2 is 1.83 bits per heavy atom. The van der Waals surface area contributed by atoms with Gasteiger partial charge in [-0.05, 0) is 68.6 Å². The fraction of sp³-hybridized carbons (Fsp3) is 0.824. The Labute approximate surface area is 141 Å². The zero-order valence-corrected chi connectivity index (χ0v) is 14.6. The second-order valence-corrected chi connectivity index (χ2v) is 8.93. The lowest BCUT2D eigenvalue weighted by Gasteiger charge is -2.56. The van der Waals surface area contributed by atoms with Gasteiger partial charge in [-0.25, -0.2) is 0 Å². The van der Waals surface area contributed by atoms with Gasteiger partial charge in [0.2, 0.25) is 5.91 Å². The van der Waals surface area contributed by atoms with E-state index in [0.717, 1.165) is 41.7 Å². The highest BCUT2D eigenvalue weighted by Crippen LogP contribution is 2.60. The number of rotatable bonds is 6. The molecule has 5 nitrogen and oxygen atoms in total. The van der Waals surface area contributed by atoms with Crippen molar-refractivity contribution >= 4 is 17.7 Å².